The predicted molar refractivity (Wildman–Crippen MR) is 95.0 cm³/mol. The molecule has 0 aliphatic carbocycles. The van der Waals surface area contributed by atoms with Gasteiger partial charge in [-0.15, -0.1) is 0 Å². The van der Waals surface area contributed by atoms with Gasteiger partial charge in [0.15, 0.2) is 0 Å². The van der Waals surface area contributed by atoms with Crippen LogP contribution in [0.25, 0.3) is 0 Å². The molecule has 0 radical (unpaired) electrons. The minimum absolute atomic E-state index is 0.0187. The normalized spacial score (nSPS) is 14.2. The maximum Gasteiger partial charge on any atom is 0.325 e. The van der Waals surface area contributed by atoms with Gasteiger partial charge in [-0.3, -0.25) is 28.9 Å². The Bertz CT molecular complexity index is 602. The standard InChI is InChI=1S/C17H25N3O8/c1-12(17(25)26)19-14(22)5-8-27-10-11-28-9-6-18-13(21)4-7-20-15(23)2-3-16(20)24/h2-3,12H,4-11H2,1H3,(H,18,21)(H,19,22)(H,25,26). The Hall–Kier alpha value is -2.79. The minimum atomic E-state index is -1.11. The molecular weight excluding hydrogens is 374 g/mol. The molecule has 1 aliphatic heterocycles. The van der Waals surface area contributed by atoms with Gasteiger partial charge in [0.2, 0.25) is 11.8 Å². The van der Waals surface area contributed by atoms with Crippen molar-refractivity contribution in [3.8, 4) is 0 Å². The summed E-state index contributed by atoms with van der Waals surface area (Å²) in [4.78, 5) is 57.3. The van der Waals surface area contributed by atoms with Crippen LogP contribution in [0.2, 0.25) is 0 Å². The van der Waals surface area contributed by atoms with Crippen LogP contribution in [0.4, 0.5) is 0 Å². The van der Waals surface area contributed by atoms with Crippen LogP contribution in [-0.2, 0) is 33.4 Å². The summed E-state index contributed by atoms with van der Waals surface area (Å²) in [6.45, 7) is 2.60. The Labute approximate surface area is 162 Å². The van der Waals surface area contributed by atoms with Crippen LogP contribution >= 0.6 is 0 Å². The van der Waals surface area contributed by atoms with Crippen molar-refractivity contribution in [2.75, 3.05) is 39.5 Å². The molecule has 0 aromatic rings. The van der Waals surface area contributed by atoms with Crippen molar-refractivity contribution in [2.45, 2.75) is 25.8 Å². The lowest BCUT2D eigenvalue weighted by atomic mass is 10.3. The number of ether oxygens (including phenoxy) is 2. The van der Waals surface area contributed by atoms with Crippen LogP contribution < -0.4 is 10.6 Å². The van der Waals surface area contributed by atoms with E-state index in [2.05, 4.69) is 10.6 Å². The SMILES string of the molecule is CC(NC(=O)CCOCCOCCNC(=O)CCN1C(=O)C=CC1=O)C(=O)O. The zero-order chi connectivity index (χ0) is 20.9. The molecule has 28 heavy (non-hydrogen) atoms. The topological polar surface area (TPSA) is 151 Å². The fraction of sp³-hybridized carbons (Fsp3) is 0.588. The fourth-order valence-corrected chi connectivity index (χ4v) is 2.08. The lowest BCUT2D eigenvalue weighted by Crippen LogP contribution is -2.38. The minimum Gasteiger partial charge on any atom is -0.480 e. The lowest BCUT2D eigenvalue weighted by Gasteiger charge is -2.13. The van der Waals surface area contributed by atoms with Crippen molar-refractivity contribution >= 4 is 29.6 Å². The Morgan fingerprint density at radius 3 is 2.21 bits per heavy atom. The Kier molecular flexibility index (Phi) is 10.4. The summed E-state index contributed by atoms with van der Waals surface area (Å²) in [7, 11) is 0. The first-order valence-electron chi connectivity index (χ1n) is 8.79. The maximum atomic E-state index is 11.6. The number of hydrogen-bond acceptors (Lipinski definition) is 7. The molecule has 11 nitrogen and oxygen atoms in total. The predicted octanol–water partition coefficient (Wildman–Crippen LogP) is -1.57. The van der Waals surface area contributed by atoms with Gasteiger partial charge in [0.05, 0.1) is 26.4 Å². The molecule has 0 aromatic carbocycles. The fourth-order valence-electron chi connectivity index (χ4n) is 2.08. The number of hydrogen-bond donors (Lipinski definition) is 3. The number of carboxylic acids is 1. The van der Waals surface area contributed by atoms with Gasteiger partial charge in [0.25, 0.3) is 11.8 Å². The van der Waals surface area contributed by atoms with Crippen LogP contribution in [0.5, 0.6) is 0 Å². The summed E-state index contributed by atoms with van der Waals surface area (Å²) >= 11 is 0. The number of carbonyl (C=O) groups is 5. The van der Waals surface area contributed by atoms with Crippen molar-refractivity contribution in [3.63, 3.8) is 0 Å². The number of aliphatic carboxylic acids is 1. The molecule has 1 heterocycles. The molecule has 1 unspecified atom stereocenters. The van der Waals surface area contributed by atoms with Crippen molar-refractivity contribution in [3.05, 3.63) is 12.2 Å². The van der Waals surface area contributed by atoms with E-state index in [9.17, 15) is 24.0 Å². The summed E-state index contributed by atoms with van der Waals surface area (Å²) in [5.41, 5.74) is 0. The molecule has 1 rings (SSSR count). The highest BCUT2D eigenvalue weighted by Gasteiger charge is 2.23. The van der Waals surface area contributed by atoms with Crippen molar-refractivity contribution < 1.29 is 38.6 Å². The molecule has 0 fully saturated rings. The van der Waals surface area contributed by atoms with E-state index in [1.807, 2.05) is 0 Å². The molecule has 1 atom stereocenters. The second-order valence-corrected chi connectivity index (χ2v) is 5.86. The van der Waals surface area contributed by atoms with E-state index < -0.39 is 29.7 Å². The van der Waals surface area contributed by atoms with Gasteiger partial charge in [-0.2, -0.15) is 0 Å². The smallest absolute Gasteiger partial charge is 0.325 e. The van der Waals surface area contributed by atoms with Crippen LogP contribution in [0.3, 0.4) is 0 Å². The van der Waals surface area contributed by atoms with E-state index in [4.69, 9.17) is 14.6 Å². The third kappa shape index (κ3) is 9.24. The monoisotopic (exact) mass is 399 g/mol. The first-order valence-corrected chi connectivity index (χ1v) is 8.79. The number of rotatable bonds is 14. The third-order valence-electron chi connectivity index (χ3n) is 3.62. The lowest BCUT2D eigenvalue weighted by molar-refractivity contribution is -0.141. The molecule has 0 bridgehead atoms. The average molecular weight is 399 g/mol. The number of amides is 4. The number of carbonyl (C=O) groups excluding carboxylic acids is 4. The van der Waals surface area contributed by atoms with Crippen LogP contribution in [-0.4, -0.2) is 85.2 Å². The van der Waals surface area contributed by atoms with E-state index >= 15 is 0 Å². The summed E-state index contributed by atoms with van der Waals surface area (Å²) in [5, 5.41) is 13.6. The van der Waals surface area contributed by atoms with Gasteiger partial charge in [-0.1, -0.05) is 0 Å². The molecule has 0 saturated carbocycles. The largest absolute Gasteiger partial charge is 0.480 e. The zero-order valence-electron chi connectivity index (χ0n) is 15.6. The third-order valence-corrected chi connectivity index (χ3v) is 3.62. The molecule has 0 aromatic heterocycles. The molecule has 3 N–H and O–H groups in total. The highest BCUT2D eigenvalue weighted by molar-refractivity contribution is 6.13. The van der Waals surface area contributed by atoms with E-state index in [0.717, 1.165) is 4.90 Å². The number of nitrogens with one attached hydrogen (secondary N) is 2. The zero-order valence-corrected chi connectivity index (χ0v) is 15.6. The van der Waals surface area contributed by atoms with Crippen molar-refractivity contribution in [1.29, 1.82) is 0 Å². The number of imide groups is 1. The van der Waals surface area contributed by atoms with E-state index in [-0.39, 0.29) is 58.3 Å². The quantitative estimate of drug-likeness (QED) is 0.234. The van der Waals surface area contributed by atoms with Gasteiger partial charge < -0.3 is 25.2 Å². The van der Waals surface area contributed by atoms with Crippen LogP contribution in [0, 0.1) is 0 Å². The molecule has 0 spiro atoms. The highest BCUT2D eigenvalue weighted by atomic mass is 16.5. The number of carboxylic acid groups (broad SMARTS) is 1. The maximum absolute atomic E-state index is 11.6. The molecule has 156 valence electrons. The summed E-state index contributed by atoms with van der Waals surface area (Å²) in [6, 6.07) is -0.945. The summed E-state index contributed by atoms with van der Waals surface area (Å²) in [6.07, 6.45) is 2.40. The number of nitrogens with zero attached hydrogens (tertiary/aromatic N) is 1. The van der Waals surface area contributed by atoms with Gasteiger partial charge in [0.1, 0.15) is 6.04 Å². The molecule has 1 aliphatic rings. The second kappa shape index (κ2) is 12.6. The first kappa shape index (κ1) is 23.2. The molecule has 11 heteroatoms. The van der Waals surface area contributed by atoms with Crippen molar-refractivity contribution in [2.24, 2.45) is 0 Å². The molecular formula is C17H25N3O8. The van der Waals surface area contributed by atoms with Crippen LogP contribution in [0.1, 0.15) is 19.8 Å². The van der Waals surface area contributed by atoms with Gasteiger partial charge in [-0.25, -0.2) is 0 Å². The molecule has 0 saturated heterocycles. The van der Waals surface area contributed by atoms with Crippen molar-refractivity contribution in [1.82, 2.24) is 15.5 Å². The Morgan fingerprint density at radius 2 is 1.61 bits per heavy atom. The van der Waals surface area contributed by atoms with Crippen LogP contribution in [0.15, 0.2) is 12.2 Å². The summed E-state index contributed by atoms with van der Waals surface area (Å²) in [5.74, 6) is -2.66. The second-order valence-electron chi connectivity index (χ2n) is 5.86. The highest BCUT2D eigenvalue weighted by Crippen LogP contribution is 2.03. The summed E-state index contributed by atoms with van der Waals surface area (Å²) < 4.78 is 10.4. The van der Waals surface area contributed by atoms with Gasteiger partial charge >= 0.3 is 5.97 Å². The Morgan fingerprint density at radius 1 is 1.00 bits per heavy atom. The Balaban J connectivity index is 1.93. The van der Waals surface area contributed by atoms with E-state index in [0.29, 0.717) is 0 Å². The van der Waals surface area contributed by atoms with E-state index in [1.54, 1.807) is 0 Å². The average Bonchev–Trinajstić information content (AvgIpc) is 2.96. The first-order chi connectivity index (χ1) is 13.3. The van der Waals surface area contributed by atoms with E-state index in [1.165, 1.54) is 19.1 Å². The van der Waals surface area contributed by atoms with Gasteiger partial charge in [-0.05, 0) is 6.92 Å². The molecule has 4 amide bonds. The van der Waals surface area contributed by atoms with Gasteiger partial charge in [0, 0.05) is 38.1 Å².